The first-order chi connectivity index (χ1) is 10.1. The van der Waals surface area contributed by atoms with Crippen molar-refractivity contribution in [3.8, 4) is 0 Å². The molecule has 2 aromatic carbocycles. The zero-order valence-corrected chi connectivity index (χ0v) is 12.1. The first kappa shape index (κ1) is 13.8. The monoisotopic (exact) mass is 283 g/mol. The Kier molecular flexibility index (Phi) is 3.47. The molecule has 0 aliphatic rings. The lowest BCUT2D eigenvalue weighted by molar-refractivity contribution is 0.565. The highest BCUT2D eigenvalue weighted by Crippen LogP contribution is 2.27. The highest BCUT2D eigenvalue weighted by atomic mass is 19.1. The predicted molar refractivity (Wildman–Crippen MR) is 82.5 cm³/mol. The molecule has 0 aliphatic heterocycles. The summed E-state index contributed by atoms with van der Waals surface area (Å²) >= 11 is 0. The van der Waals surface area contributed by atoms with E-state index >= 15 is 0 Å². The van der Waals surface area contributed by atoms with Gasteiger partial charge in [0.1, 0.15) is 11.6 Å². The Bertz CT molecular complexity index is 762. The van der Waals surface area contributed by atoms with Crippen molar-refractivity contribution < 1.29 is 4.39 Å². The van der Waals surface area contributed by atoms with Crippen LogP contribution in [0.1, 0.15) is 37.3 Å². The minimum absolute atomic E-state index is 0.154. The second-order valence-corrected chi connectivity index (χ2v) is 5.46. The summed E-state index contributed by atoms with van der Waals surface area (Å²) in [6.07, 6.45) is 0. The number of halogens is 1. The Balaban J connectivity index is 2.20. The van der Waals surface area contributed by atoms with Crippen LogP contribution >= 0.6 is 0 Å². The van der Waals surface area contributed by atoms with Crippen molar-refractivity contribution in [1.29, 1.82) is 0 Å². The zero-order chi connectivity index (χ0) is 15.0. The average molecular weight is 283 g/mol. The smallest absolute Gasteiger partial charge is 0.131 e. The molecule has 0 amide bonds. The predicted octanol–water partition coefficient (Wildman–Crippen LogP) is 3.80. The van der Waals surface area contributed by atoms with Gasteiger partial charge in [-0.2, -0.15) is 0 Å². The molecule has 108 valence electrons. The van der Waals surface area contributed by atoms with E-state index < -0.39 is 0 Å². The van der Waals surface area contributed by atoms with Gasteiger partial charge < -0.3 is 10.3 Å². The lowest BCUT2D eigenvalue weighted by Gasteiger charge is -2.18. The number of fused-ring (bicyclic) bond motifs is 1. The Labute approximate surface area is 123 Å². The van der Waals surface area contributed by atoms with E-state index in [4.69, 9.17) is 5.73 Å². The van der Waals surface area contributed by atoms with Crippen LogP contribution in [-0.4, -0.2) is 9.55 Å². The standard InChI is InChI=1S/C17H18FN3/c1-11(2)21-15-10-13(18)8-9-14(15)20-17(21)16(19)12-6-4-3-5-7-12/h3-11,16H,19H2,1-2H3. The second kappa shape index (κ2) is 5.30. The fourth-order valence-electron chi connectivity index (χ4n) is 2.66. The number of benzene rings is 2. The van der Waals surface area contributed by atoms with Crippen molar-refractivity contribution in [2.45, 2.75) is 25.9 Å². The van der Waals surface area contributed by atoms with Crippen LogP contribution in [0.5, 0.6) is 0 Å². The number of hydrogen-bond donors (Lipinski definition) is 1. The fourth-order valence-corrected chi connectivity index (χ4v) is 2.66. The van der Waals surface area contributed by atoms with Gasteiger partial charge in [0.25, 0.3) is 0 Å². The molecule has 0 spiro atoms. The Morgan fingerprint density at radius 2 is 1.81 bits per heavy atom. The highest BCUT2D eigenvalue weighted by molar-refractivity contribution is 5.76. The average Bonchev–Trinajstić information content (AvgIpc) is 2.86. The lowest BCUT2D eigenvalue weighted by atomic mass is 10.1. The molecule has 1 heterocycles. The summed E-state index contributed by atoms with van der Waals surface area (Å²) in [6.45, 7) is 4.10. The third kappa shape index (κ3) is 2.43. The number of nitrogens with zero attached hydrogens (tertiary/aromatic N) is 2. The van der Waals surface area contributed by atoms with E-state index in [-0.39, 0.29) is 17.9 Å². The van der Waals surface area contributed by atoms with Crippen molar-refractivity contribution in [2.24, 2.45) is 5.73 Å². The summed E-state index contributed by atoms with van der Waals surface area (Å²) in [5.41, 5.74) is 8.93. The largest absolute Gasteiger partial charge is 0.324 e. The molecule has 0 fully saturated rings. The number of hydrogen-bond acceptors (Lipinski definition) is 2. The summed E-state index contributed by atoms with van der Waals surface area (Å²) in [7, 11) is 0. The van der Waals surface area contributed by atoms with Gasteiger partial charge >= 0.3 is 0 Å². The SMILES string of the molecule is CC(C)n1c(C(N)c2ccccc2)nc2ccc(F)cc21. The third-order valence-corrected chi connectivity index (χ3v) is 3.63. The fraction of sp³-hybridized carbons (Fsp3) is 0.235. The maximum absolute atomic E-state index is 13.5. The van der Waals surface area contributed by atoms with E-state index in [1.165, 1.54) is 12.1 Å². The second-order valence-electron chi connectivity index (χ2n) is 5.46. The minimum atomic E-state index is -0.330. The van der Waals surface area contributed by atoms with Gasteiger partial charge in [-0.25, -0.2) is 9.37 Å². The third-order valence-electron chi connectivity index (χ3n) is 3.63. The zero-order valence-electron chi connectivity index (χ0n) is 12.1. The summed E-state index contributed by atoms with van der Waals surface area (Å²) in [4.78, 5) is 4.62. The van der Waals surface area contributed by atoms with Crippen molar-refractivity contribution in [3.05, 3.63) is 65.7 Å². The van der Waals surface area contributed by atoms with Crippen molar-refractivity contribution in [2.75, 3.05) is 0 Å². The molecular weight excluding hydrogens is 265 g/mol. The quantitative estimate of drug-likeness (QED) is 0.794. The molecular formula is C17H18FN3. The highest BCUT2D eigenvalue weighted by Gasteiger charge is 2.20. The minimum Gasteiger partial charge on any atom is -0.324 e. The van der Waals surface area contributed by atoms with E-state index in [9.17, 15) is 4.39 Å². The molecule has 3 rings (SSSR count). The van der Waals surface area contributed by atoms with Gasteiger partial charge in [-0.05, 0) is 37.6 Å². The number of rotatable bonds is 3. The first-order valence-corrected chi connectivity index (χ1v) is 7.06. The molecule has 0 bridgehead atoms. The summed E-state index contributed by atoms with van der Waals surface area (Å²) in [6, 6.07) is 14.3. The first-order valence-electron chi connectivity index (χ1n) is 7.06. The molecule has 2 N–H and O–H groups in total. The van der Waals surface area contributed by atoms with Crippen molar-refractivity contribution in [3.63, 3.8) is 0 Å². The Morgan fingerprint density at radius 1 is 1.10 bits per heavy atom. The van der Waals surface area contributed by atoms with E-state index in [0.29, 0.717) is 0 Å². The molecule has 21 heavy (non-hydrogen) atoms. The van der Waals surface area contributed by atoms with Crippen LogP contribution in [0.15, 0.2) is 48.5 Å². The van der Waals surface area contributed by atoms with E-state index in [1.807, 2.05) is 48.7 Å². The van der Waals surface area contributed by atoms with Crippen LogP contribution < -0.4 is 5.73 Å². The molecule has 1 atom stereocenters. The molecule has 3 aromatic rings. The molecule has 0 saturated carbocycles. The van der Waals surface area contributed by atoms with Gasteiger partial charge in [-0.1, -0.05) is 30.3 Å². The molecule has 0 saturated heterocycles. The molecule has 1 unspecified atom stereocenters. The number of aromatic nitrogens is 2. The van der Waals surface area contributed by atoms with E-state index in [0.717, 1.165) is 22.4 Å². The lowest BCUT2D eigenvalue weighted by Crippen LogP contribution is -2.19. The summed E-state index contributed by atoms with van der Waals surface area (Å²) < 4.78 is 15.6. The summed E-state index contributed by atoms with van der Waals surface area (Å²) in [5.74, 6) is 0.501. The van der Waals surface area contributed by atoms with Gasteiger partial charge in [-0.3, -0.25) is 0 Å². The molecule has 0 aliphatic carbocycles. The molecule has 4 heteroatoms. The van der Waals surface area contributed by atoms with Crippen molar-refractivity contribution >= 4 is 11.0 Å². The van der Waals surface area contributed by atoms with Crippen LogP contribution in [0.25, 0.3) is 11.0 Å². The molecule has 1 aromatic heterocycles. The molecule has 3 nitrogen and oxygen atoms in total. The normalized spacial score (nSPS) is 13.0. The van der Waals surface area contributed by atoms with Gasteiger partial charge in [0.05, 0.1) is 17.1 Å². The van der Waals surface area contributed by atoms with Crippen LogP contribution in [0.4, 0.5) is 4.39 Å². The maximum Gasteiger partial charge on any atom is 0.131 e. The Morgan fingerprint density at radius 3 is 2.48 bits per heavy atom. The van der Waals surface area contributed by atoms with Crippen LogP contribution in [0, 0.1) is 5.82 Å². The molecule has 0 radical (unpaired) electrons. The van der Waals surface area contributed by atoms with Gasteiger partial charge in [0, 0.05) is 6.04 Å². The van der Waals surface area contributed by atoms with Gasteiger partial charge in [0.2, 0.25) is 0 Å². The topological polar surface area (TPSA) is 43.8 Å². The van der Waals surface area contributed by atoms with Crippen molar-refractivity contribution in [1.82, 2.24) is 9.55 Å². The Hall–Kier alpha value is -2.20. The van der Waals surface area contributed by atoms with Gasteiger partial charge in [-0.15, -0.1) is 0 Å². The van der Waals surface area contributed by atoms with Crippen LogP contribution in [0.2, 0.25) is 0 Å². The van der Waals surface area contributed by atoms with E-state index in [1.54, 1.807) is 6.07 Å². The number of imidazole rings is 1. The maximum atomic E-state index is 13.5. The number of nitrogens with two attached hydrogens (primary N) is 1. The summed E-state index contributed by atoms with van der Waals surface area (Å²) in [5, 5.41) is 0. The van der Waals surface area contributed by atoms with Crippen LogP contribution in [-0.2, 0) is 0 Å². The van der Waals surface area contributed by atoms with Gasteiger partial charge in [0.15, 0.2) is 0 Å². The van der Waals surface area contributed by atoms with E-state index in [2.05, 4.69) is 4.98 Å². The van der Waals surface area contributed by atoms with Crippen LogP contribution in [0.3, 0.4) is 0 Å².